The van der Waals surface area contributed by atoms with Gasteiger partial charge in [0.25, 0.3) is 0 Å². The van der Waals surface area contributed by atoms with E-state index >= 15 is 0 Å². The van der Waals surface area contributed by atoms with Crippen molar-refractivity contribution in [2.75, 3.05) is 26.2 Å². The molecule has 1 heterocycles. The molecular formula is C16H20N2O2. The Morgan fingerprint density at radius 1 is 1.45 bits per heavy atom. The summed E-state index contributed by atoms with van der Waals surface area (Å²) in [4.78, 5) is 15.1. The molecule has 4 nitrogen and oxygen atoms in total. The van der Waals surface area contributed by atoms with Gasteiger partial charge in [-0.25, -0.2) is 0 Å². The first-order valence-electron chi connectivity index (χ1n) is 6.84. The summed E-state index contributed by atoms with van der Waals surface area (Å²) < 4.78 is 0. The van der Waals surface area contributed by atoms with Crippen LogP contribution in [0.3, 0.4) is 0 Å². The first-order chi connectivity index (χ1) is 9.69. The molecule has 0 aliphatic carbocycles. The van der Waals surface area contributed by atoms with Gasteiger partial charge in [0.15, 0.2) is 0 Å². The number of hydrogen-bond donors (Lipinski definition) is 1. The fraction of sp³-hybridized carbons (Fsp3) is 0.438. The Morgan fingerprint density at radius 2 is 2.20 bits per heavy atom. The molecule has 0 amide bonds. The van der Waals surface area contributed by atoms with Gasteiger partial charge in [0.1, 0.15) is 0 Å². The number of aliphatic carboxylic acids is 1. The predicted molar refractivity (Wildman–Crippen MR) is 78.2 cm³/mol. The lowest BCUT2D eigenvalue weighted by Crippen LogP contribution is -2.41. The number of benzene rings is 1. The van der Waals surface area contributed by atoms with Gasteiger partial charge in [-0.05, 0) is 12.0 Å². The van der Waals surface area contributed by atoms with E-state index < -0.39 is 5.97 Å². The van der Waals surface area contributed by atoms with Crippen molar-refractivity contribution in [2.24, 2.45) is 0 Å². The molecule has 106 valence electrons. The average Bonchev–Trinajstić information content (AvgIpc) is 2.87. The molecule has 1 unspecified atom stereocenters. The fourth-order valence-corrected chi connectivity index (χ4v) is 2.70. The minimum absolute atomic E-state index is 0.0219. The molecule has 20 heavy (non-hydrogen) atoms. The maximum absolute atomic E-state index is 10.9. The Morgan fingerprint density at radius 3 is 2.85 bits per heavy atom. The first kappa shape index (κ1) is 14.6. The van der Waals surface area contributed by atoms with Crippen LogP contribution in [0.4, 0.5) is 0 Å². The predicted octanol–water partition coefficient (Wildman–Crippen LogP) is 1.28. The minimum Gasteiger partial charge on any atom is -0.480 e. The van der Waals surface area contributed by atoms with Gasteiger partial charge in [-0.15, -0.1) is 6.42 Å². The summed E-state index contributed by atoms with van der Waals surface area (Å²) >= 11 is 0. The normalized spacial score (nSPS) is 19.1. The highest BCUT2D eigenvalue weighted by atomic mass is 16.4. The number of carbonyl (C=O) groups is 1. The number of nitrogens with zero attached hydrogens (tertiary/aromatic N) is 2. The molecule has 1 aliphatic rings. The standard InChI is InChI=1S/C16H20N2O2/c1-2-9-18(13-16(19)20)15-8-10-17(12-15)11-14-6-4-3-5-7-14/h1,3-7,15H,8-13H2,(H,19,20). The van der Waals surface area contributed by atoms with Crippen LogP contribution in [-0.4, -0.2) is 53.1 Å². The number of hydrogen-bond acceptors (Lipinski definition) is 3. The topological polar surface area (TPSA) is 43.8 Å². The van der Waals surface area contributed by atoms with Crippen LogP contribution in [0.1, 0.15) is 12.0 Å². The number of rotatable bonds is 6. The zero-order valence-electron chi connectivity index (χ0n) is 11.5. The summed E-state index contributed by atoms with van der Waals surface area (Å²) in [6.45, 7) is 3.20. The Labute approximate surface area is 120 Å². The van der Waals surface area contributed by atoms with Crippen molar-refractivity contribution in [1.82, 2.24) is 9.80 Å². The Hall–Kier alpha value is -1.83. The number of carboxylic acids is 1. The van der Waals surface area contributed by atoms with Crippen LogP contribution in [0.25, 0.3) is 0 Å². The number of likely N-dealkylation sites (tertiary alicyclic amines) is 1. The molecule has 1 atom stereocenters. The molecule has 2 rings (SSSR count). The fourth-order valence-electron chi connectivity index (χ4n) is 2.70. The summed E-state index contributed by atoms with van der Waals surface area (Å²) in [5, 5.41) is 8.95. The van der Waals surface area contributed by atoms with Gasteiger partial charge in [-0.2, -0.15) is 0 Å². The second kappa shape index (κ2) is 7.09. The molecule has 0 aromatic heterocycles. The third-order valence-electron chi connectivity index (χ3n) is 3.65. The van der Waals surface area contributed by atoms with Crippen LogP contribution in [0.15, 0.2) is 30.3 Å². The number of carboxylic acid groups (broad SMARTS) is 1. The minimum atomic E-state index is -0.818. The highest BCUT2D eigenvalue weighted by Gasteiger charge is 2.28. The van der Waals surface area contributed by atoms with Crippen molar-refractivity contribution in [1.29, 1.82) is 0 Å². The first-order valence-corrected chi connectivity index (χ1v) is 6.84. The average molecular weight is 272 g/mol. The van der Waals surface area contributed by atoms with Crippen molar-refractivity contribution >= 4 is 5.97 Å². The largest absolute Gasteiger partial charge is 0.480 e. The molecule has 0 spiro atoms. The molecule has 4 heteroatoms. The third kappa shape index (κ3) is 4.09. The summed E-state index contributed by atoms with van der Waals surface area (Å²) in [5.74, 6) is 1.74. The van der Waals surface area contributed by atoms with Crippen LogP contribution in [0.2, 0.25) is 0 Å². The van der Waals surface area contributed by atoms with E-state index in [1.54, 1.807) is 0 Å². The lowest BCUT2D eigenvalue weighted by atomic mass is 10.2. The van der Waals surface area contributed by atoms with Crippen LogP contribution >= 0.6 is 0 Å². The highest BCUT2D eigenvalue weighted by molar-refractivity contribution is 5.69. The Bertz CT molecular complexity index is 481. The SMILES string of the molecule is C#CCN(CC(=O)O)C1CCN(Cc2ccccc2)C1. The molecule has 0 radical (unpaired) electrons. The maximum Gasteiger partial charge on any atom is 0.317 e. The molecule has 1 saturated heterocycles. The van der Waals surface area contributed by atoms with Crippen LogP contribution in [-0.2, 0) is 11.3 Å². The lowest BCUT2D eigenvalue weighted by Gasteiger charge is -2.25. The smallest absolute Gasteiger partial charge is 0.317 e. The summed E-state index contributed by atoms with van der Waals surface area (Å²) in [6, 6.07) is 10.6. The van der Waals surface area contributed by atoms with Gasteiger partial charge in [0.05, 0.1) is 13.1 Å². The van der Waals surface area contributed by atoms with Crippen molar-refractivity contribution in [2.45, 2.75) is 19.0 Å². The highest BCUT2D eigenvalue weighted by Crippen LogP contribution is 2.17. The van der Waals surface area contributed by atoms with Crippen molar-refractivity contribution < 1.29 is 9.90 Å². The third-order valence-corrected chi connectivity index (χ3v) is 3.65. The van der Waals surface area contributed by atoms with Crippen molar-refractivity contribution in [3.05, 3.63) is 35.9 Å². The van der Waals surface area contributed by atoms with E-state index in [2.05, 4.69) is 23.0 Å². The van der Waals surface area contributed by atoms with Gasteiger partial charge in [0, 0.05) is 25.7 Å². The van der Waals surface area contributed by atoms with E-state index in [1.165, 1.54) is 5.56 Å². The van der Waals surface area contributed by atoms with Crippen LogP contribution in [0.5, 0.6) is 0 Å². The van der Waals surface area contributed by atoms with Gasteiger partial charge < -0.3 is 5.11 Å². The molecule has 1 N–H and O–H groups in total. The Balaban J connectivity index is 1.90. The zero-order chi connectivity index (χ0) is 14.4. The van der Waals surface area contributed by atoms with Gasteiger partial charge >= 0.3 is 5.97 Å². The van der Waals surface area contributed by atoms with E-state index in [0.29, 0.717) is 6.54 Å². The summed E-state index contributed by atoms with van der Waals surface area (Å²) in [7, 11) is 0. The molecule has 1 aromatic rings. The van der Waals surface area contributed by atoms with E-state index in [4.69, 9.17) is 11.5 Å². The molecular weight excluding hydrogens is 252 g/mol. The van der Waals surface area contributed by atoms with E-state index in [-0.39, 0.29) is 12.6 Å². The maximum atomic E-state index is 10.9. The van der Waals surface area contributed by atoms with Gasteiger partial charge in [-0.3, -0.25) is 14.6 Å². The number of terminal acetylenes is 1. The Kier molecular flexibility index (Phi) is 5.16. The second-order valence-electron chi connectivity index (χ2n) is 5.17. The molecule has 1 fully saturated rings. The molecule has 1 aliphatic heterocycles. The monoisotopic (exact) mass is 272 g/mol. The lowest BCUT2D eigenvalue weighted by molar-refractivity contribution is -0.138. The van der Waals surface area contributed by atoms with Crippen molar-refractivity contribution in [3.63, 3.8) is 0 Å². The van der Waals surface area contributed by atoms with E-state index in [9.17, 15) is 4.79 Å². The van der Waals surface area contributed by atoms with Gasteiger partial charge in [-0.1, -0.05) is 36.3 Å². The summed E-state index contributed by atoms with van der Waals surface area (Å²) in [6.07, 6.45) is 6.31. The van der Waals surface area contributed by atoms with Crippen molar-refractivity contribution in [3.8, 4) is 12.3 Å². The van der Waals surface area contributed by atoms with Crippen LogP contribution in [0, 0.1) is 12.3 Å². The van der Waals surface area contributed by atoms with Gasteiger partial charge in [0.2, 0.25) is 0 Å². The quantitative estimate of drug-likeness (QED) is 0.792. The second-order valence-corrected chi connectivity index (χ2v) is 5.17. The van der Waals surface area contributed by atoms with E-state index in [1.807, 2.05) is 23.1 Å². The molecule has 0 saturated carbocycles. The van der Waals surface area contributed by atoms with Crippen LogP contribution < -0.4 is 0 Å². The molecule has 0 bridgehead atoms. The zero-order valence-corrected chi connectivity index (χ0v) is 11.5. The molecule has 1 aromatic carbocycles. The van der Waals surface area contributed by atoms with E-state index in [0.717, 1.165) is 26.1 Å². The summed E-state index contributed by atoms with van der Waals surface area (Å²) in [5.41, 5.74) is 1.29.